The number of hydrogen-bond acceptors (Lipinski definition) is 3. The van der Waals surface area contributed by atoms with Crippen LogP contribution in [0.1, 0.15) is 37.3 Å². The Morgan fingerprint density at radius 1 is 1.30 bits per heavy atom. The van der Waals surface area contributed by atoms with Gasteiger partial charge in [-0.25, -0.2) is 4.79 Å². The SMILES string of the molecule is O=C(CC1CCCCO1)N[C@@H](C(=O)O)c1ccccc1. The molecule has 0 spiro atoms. The van der Waals surface area contributed by atoms with E-state index in [0.29, 0.717) is 12.2 Å². The second-order valence-corrected chi connectivity index (χ2v) is 4.94. The van der Waals surface area contributed by atoms with E-state index in [2.05, 4.69) is 5.32 Å². The van der Waals surface area contributed by atoms with Crippen molar-refractivity contribution in [2.75, 3.05) is 6.61 Å². The van der Waals surface area contributed by atoms with E-state index in [1.165, 1.54) is 0 Å². The Labute approximate surface area is 117 Å². The lowest BCUT2D eigenvalue weighted by molar-refractivity contribution is -0.142. The minimum Gasteiger partial charge on any atom is -0.479 e. The number of rotatable bonds is 5. The number of ether oxygens (including phenoxy) is 1. The van der Waals surface area contributed by atoms with Crippen molar-refractivity contribution in [2.24, 2.45) is 0 Å². The molecule has 108 valence electrons. The molecule has 1 fully saturated rings. The van der Waals surface area contributed by atoms with Gasteiger partial charge in [0.1, 0.15) is 0 Å². The van der Waals surface area contributed by atoms with E-state index in [1.807, 2.05) is 0 Å². The maximum absolute atomic E-state index is 11.9. The average molecular weight is 277 g/mol. The summed E-state index contributed by atoms with van der Waals surface area (Å²) in [7, 11) is 0. The van der Waals surface area contributed by atoms with Crippen molar-refractivity contribution < 1.29 is 19.4 Å². The minimum absolute atomic E-state index is 0.0889. The van der Waals surface area contributed by atoms with Crippen LogP contribution in [0.25, 0.3) is 0 Å². The van der Waals surface area contributed by atoms with Gasteiger partial charge in [-0.05, 0) is 24.8 Å². The van der Waals surface area contributed by atoms with E-state index in [4.69, 9.17) is 4.74 Å². The molecule has 1 unspecified atom stereocenters. The third kappa shape index (κ3) is 4.06. The van der Waals surface area contributed by atoms with Crippen molar-refractivity contribution in [1.29, 1.82) is 0 Å². The molecule has 1 heterocycles. The maximum Gasteiger partial charge on any atom is 0.330 e. The standard InChI is InChI=1S/C15H19NO4/c17-13(10-12-8-4-5-9-20-12)16-14(15(18)19)11-6-2-1-3-7-11/h1-3,6-7,12,14H,4-5,8-10H2,(H,16,17)(H,18,19)/t12?,14-/m1/s1. The highest BCUT2D eigenvalue weighted by Gasteiger charge is 2.24. The number of nitrogens with one attached hydrogen (secondary N) is 1. The van der Waals surface area contributed by atoms with Gasteiger partial charge in [-0.2, -0.15) is 0 Å². The molecular weight excluding hydrogens is 258 g/mol. The molecule has 0 bridgehead atoms. The van der Waals surface area contributed by atoms with Crippen molar-refractivity contribution in [3.05, 3.63) is 35.9 Å². The largest absolute Gasteiger partial charge is 0.479 e. The van der Waals surface area contributed by atoms with Gasteiger partial charge in [0.2, 0.25) is 5.91 Å². The summed E-state index contributed by atoms with van der Waals surface area (Å²) in [5.74, 6) is -1.35. The van der Waals surface area contributed by atoms with Crippen LogP contribution >= 0.6 is 0 Å². The maximum atomic E-state index is 11.9. The fourth-order valence-electron chi connectivity index (χ4n) is 2.33. The van der Waals surface area contributed by atoms with Gasteiger partial charge < -0.3 is 15.2 Å². The number of benzene rings is 1. The van der Waals surface area contributed by atoms with Crippen LogP contribution in [0.3, 0.4) is 0 Å². The Morgan fingerprint density at radius 3 is 2.65 bits per heavy atom. The summed E-state index contributed by atoms with van der Waals surface area (Å²) in [4.78, 5) is 23.2. The predicted molar refractivity (Wildman–Crippen MR) is 73.2 cm³/mol. The Kier molecular flexibility index (Phi) is 5.12. The van der Waals surface area contributed by atoms with Gasteiger partial charge >= 0.3 is 5.97 Å². The van der Waals surface area contributed by atoms with Crippen molar-refractivity contribution in [1.82, 2.24) is 5.32 Å². The first-order chi connectivity index (χ1) is 9.66. The third-order valence-corrected chi connectivity index (χ3v) is 3.37. The molecule has 1 aliphatic heterocycles. The van der Waals surface area contributed by atoms with E-state index in [0.717, 1.165) is 19.3 Å². The summed E-state index contributed by atoms with van der Waals surface area (Å²) in [6.45, 7) is 0.680. The van der Waals surface area contributed by atoms with Gasteiger partial charge in [0.25, 0.3) is 0 Å². The molecule has 5 nitrogen and oxygen atoms in total. The molecule has 20 heavy (non-hydrogen) atoms. The van der Waals surface area contributed by atoms with Gasteiger partial charge in [0.15, 0.2) is 6.04 Å². The highest BCUT2D eigenvalue weighted by atomic mass is 16.5. The van der Waals surface area contributed by atoms with Crippen LogP contribution in [-0.4, -0.2) is 29.7 Å². The lowest BCUT2D eigenvalue weighted by Gasteiger charge is -2.23. The molecule has 1 saturated heterocycles. The Bertz CT molecular complexity index is 454. The van der Waals surface area contributed by atoms with Crippen LogP contribution in [0, 0.1) is 0 Å². The minimum atomic E-state index is -1.06. The first-order valence-electron chi connectivity index (χ1n) is 6.85. The first-order valence-corrected chi connectivity index (χ1v) is 6.85. The van der Waals surface area contributed by atoms with E-state index in [9.17, 15) is 14.7 Å². The molecule has 0 aliphatic carbocycles. The fraction of sp³-hybridized carbons (Fsp3) is 0.467. The Morgan fingerprint density at radius 2 is 2.05 bits per heavy atom. The van der Waals surface area contributed by atoms with Gasteiger partial charge in [0.05, 0.1) is 12.5 Å². The van der Waals surface area contributed by atoms with E-state index < -0.39 is 12.0 Å². The van der Waals surface area contributed by atoms with Gasteiger partial charge in [-0.3, -0.25) is 4.79 Å². The monoisotopic (exact) mass is 277 g/mol. The van der Waals surface area contributed by atoms with Crippen LogP contribution in [0.15, 0.2) is 30.3 Å². The van der Waals surface area contributed by atoms with E-state index in [-0.39, 0.29) is 18.4 Å². The first kappa shape index (κ1) is 14.5. The molecule has 5 heteroatoms. The molecular formula is C15H19NO4. The highest BCUT2D eigenvalue weighted by molar-refractivity contribution is 5.84. The zero-order valence-electron chi connectivity index (χ0n) is 11.2. The predicted octanol–water partition coefficient (Wildman–Crippen LogP) is 1.89. The molecule has 2 N–H and O–H groups in total. The second-order valence-electron chi connectivity index (χ2n) is 4.94. The molecule has 1 amide bonds. The van der Waals surface area contributed by atoms with Crippen LogP contribution in [0.5, 0.6) is 0 Å². The highest BCUT2D eigenvalue weighted by Crippen LogP contribution is 2.17. The average Bonchev–Trinajstić information content (AvgIpc) is 2.46. The fourth-order valence-corrected chi connectivity index (χ4v) is 2.33. The number of hydrogen-bond donors (Lipinski definition) is 2. The zero-order chi connectivity index (χ0) is 14.4. The summed E-state index contributed by atoms with van der Waals surface area (Å²) in [5, 5.41) is 11.8. The van der Waals surface area contributed by atoms with Crippen molar-refractivity contribution in [3.63, 3.8) is 0 Å². The van der Waals surface area contributed by atoms with Crippen LogP contribution < -0.4 is 5.32 Å². The lowest BCUT2D eigenvalue weighted by atomic mass is 10.0. The van der Waals surface area contributed by atoms with Crippen LogP contribution in [-0.2, 0) is 14.3 Å². The summed E-state index contributed by atoms with van der Waals surface area (Å²) in [6, 6.07) is 7.68. The Hall–Kier alpha value is -1.88. The van der Waals surface area contributed by atoms with E-state index >= 15 is 0 Å². The molecule has 2 atom stereocenters. The van der Waals surface area contributed by atoms with E-state index in [1.54, 1.807) is 30.3 Å². The number of carboxylic acid groups (broad SMARTS) is 1. The molecule has 0 aromatic heterocycles. The molecule has 1 aromatic rings. The third-order valence-electron chi connectivity index (χ3n) is 3.37. The summed E-state index contributed by atoms with van der Waals surface area (Å²) >= 11 is 0. The smallest absolute Gasteiger partial charge is 0.330 e. The molecule has 0 saturated carbocycles. The van der Waals surface area contributed by atoms with Crippen molar-refractivity contribution >= 4 is 11.9 Å². The quantitative estimate of drug-likeness (QED) is 0.861. The summed E-state index contributed by atoms with van der Waals surface area (Å²) < 4.78 is 5.49. The van der Waals surface area contributed by atoms with Crippen LogP contribution in [0.2, 0.25) is 0 Å². The second kappa shape index (κ2) is 7.05. The molecule has 1 aliphatic rings. The number of carboxylic acids is 1. The number of carbonyl (C=O) groups excluding carboxylic acids is 1. The number of carbonyl (C=O) groups is 2. The van der Waals surface area contributed by atoms with Gasteiger partial charge in [-0.15, -0.1) is 0 Å². The topological polar surface area (TPSA) is 75.6 Å². The van der Waals surface area contributed by atoms with Crippen molar-refractivity contribution in [2.45, 2.75) is 37.8 Å². The molecule has 0 radical (unpaired) electrons. The zero-order valence-corrected chi connectivity index (χ0v) is 11.2. The number of aliphatic carboxylic acids is 1. The van der Waals surface area contributed by atoms with Gasteiger partial charge in [0, 0.05) is 6.61 Å². The number of amides is 1. The normalized spacial score (nSPS) is 20.1. The summed E-state index contributed by atoms with van der Waals surface area (Å²) in [6.07, 6.45) is 3.07. The summed E-state index contributed by atoms with van der Waals surface area (Å²) in [5.41, 5.74) is 0.568. The van der Waals surface area contributed by atoms with Crippen molar-refractivity contribution in [3.8, 4) is 0 Å². The molecule has 2 rings (SSSR count). The lowest BCUT2D eigenvalue weighted by Crippen LogP contribution is -2.36. The Balaban J connectivity index is 1.94. The van der Waals surface area contributed by atoms with Gasteiger partial charge in [-0.1, -0.05) is 30.3 Å². The molecule has 1 aromatic carbocycles. The van der Waals surface area contributed by atoms with Crippen LogP contribution in [0.4, 0.5) is 0 Å².